The van der Waals surface area contributed by atoms with Gasteiger partial charge in [-0.25, -0.2) is 10.0 Å². The van der Waals surface area contributed by atoms with E-state index < -0.39 is 0 Å². The fourth-order valence-corrected chi connectivity index (χ4v) is 6.04. The molecule has 2 aliphatic heterocycles. The third kappa shape index (κ3) is 3.92. The molecule has 1 aromatic carbocycles. The Morgan fingerprint density at radius 3 is 2.97 bits per heavy atom. The van der Waals surface area contributed by atoms with Gasteiger partial charge in [-0.1, -0.05) is 47.8 Å². The number of hydrogen-bond acceptors (Lipinski definition) is 7. The average molecular weight is 440 g/mol. The molecule has 5 rings (SSSR count). The summed E-state index contributed by atoms with van der Waals surface area (Å²) in [5, 5.41) is 8.27. The molecule has 4 heterocycles. The zero-order valence-electron chi connectivity index (χ0n) is 15.4. The number of fused-ring (bicyclic) bond motifs is 1. The lowest BCUT2D eigenvalue weighted by molar-refractivity contribution is -0.130. The highest BCUT2D eigenvalue weighted by molar-refractivity contribution is 8.38. The quantitative estimate of drug-likeness (QED) is 0.524. The topological polar surface area (TPSA) is 58.2 Å². The number of hydrazone groups is 1. The second-order valence-electron chi connectivity index (χ2n) is 6.58. The highest BCUT2D eigenvalue weighted by Gasteiger charge is 2.34. The summed E-state index contributed by atoms with van der Waals surface area (Å²) in [4.78, 5) is 18.9. The minimum absolute atomic E-state index is 0.0166. The number of thiophene rings is 1. The molecule has 0 aliphatic carbocycles. The van der Waals surface area contributed by atoms with E-state index in [1.165, 1.54) is 17.3 Å². The first-order valence-corrected chi connectivity index (χ1v) is 12.0. The monoisotopic (exact) mass is 439 g/mol. The Hall–Kier alpha value is -2.29. The molecular weight excluding hydrogens is 422 g/mol. The summed E-state index contributed by atoms with van der Waals surface area (Å²) in [5.74, 6) is 1.90. The number of para-hydroxylation sites is 1. The van der Waals surface area contributed by atoms with Crippen molar-refractivity contribution in [1.29, 1.82) is 0 Å². The van der Waals surface area contributed by atoms with Crippen molar-refractivity contribution < 1.29 is 9.21 Å². The van der Waals surface area contributed by atoms with Crippen LogP contribution in [0.1, 0.15) is 28.7 Å². The molecule has 5 nitrogen and oxygen atoms in total. The van der Waals surface area contributed by atoms with Crippen molar-refractivity contribution in [2.24, 2.45) is 10.1 Å². The molecule has 146 valence electrons. The van der Waals surface area contributed by atoms with Crippen LogP contribution in [-0.4, -0.2) is 26.8 Å². The van der Waals surface area contributed by atoms with Gasteiger partial charge in [0.2, 0.25) is 0 Å². The van der Waals surface area contributed by atoms with Crippen LogP contribution >= 0.6 is 34.9 Å². The molecule has 29 heavy (non-hydrogen) atoms. The Morgan fingerprint density at radius 1 is 1.21 bits per heavy atom. The van der Waals surface area contributed by atoms with Crippen molar-refractivity contribution in [2.75, 3.05) is 5.75 Å². The molecule has 0 N–H and O–H groups in total. The smallest absolute Gasteiger partial charge is 0.253 e. The van der Waals surface area contributed by atoms with E-state index in [4.69, 9.17) is 9.41 Å². The van der Waals surface area contributed by atoms with Crippen LogP contribution in [0.5, 0.6) is 0 Å². The Balaban J connectivity index is 1.32. The second kappa shape index (κ2) is 8.22. The Kier molecular flexibility index (Phi) is 5.30. The van der Waals surface area contributed by atoms with Crippen LogP contribution in [0, 0.1) is 0 Å². The van der Waals surface area contributed by atoms with Crippen molar-refractivity contribution >= 4 is 56.5 Å². The van der Waals surface area contributed by atoms with Crippen LogP contribution in [-0.2, 0) is 10.5 Å². The van der Waals surface area contributed by atoms with E-state index >= 15 is 0 Å². The SMILES string of the molecule is O=C(CSC1=Nc2ccccc2CS1)N1N=C(c2ccco2)CC1c1cccs1. The number of nitrogens with zero attached hydrogens (tertiary/aromatic N) is 3. The first kappa shape index (κ1) is 18.7. The van der Waals surface area contributed by atoms with Gasteiger partial charge in [0.1, 0.15) is 15.8 Å². The van der Waals surface area contributed by atoms with E-state index in [-0.39, 0.29) is 11.9 Å². The van der Waals surface area contributed by atoms with Crippen LogP contribution in [0.25, 0.3) is 0 Å². The van der Waals surface area contributed by atoms with Crippen LogP contribution in [0.2, 0.25) is 0 Å². The molecule has 8 heteroatoms. The molecule has 0 saturated carbocycles. The second-order valence-corrected chi connectivity index (χ2v) is 9.75. The van der Waals surface area contributed by atoms with Gasteiger partial charge in [-0.15, -0.1) is 11.3 Å². The average Bonchev–Trinajstić information content (AvgIpc) is 3.52. The largest absolute Gasteiger partial charge is 0.463 e. The molecule has 2 aromatic heterocycles. The first-order valence-electron chi connectivity index (χ1n) is 9.17. The number of furan rings is 1. The van der Waals surface area contributed by atoms with Crippen LogP contribution in [0.3, 0.4) is 0 Å². The standard InChI is InChI=1S/C21H17N3O2S3/c25-20(13-29-21-22-15-6-2-1-5-14(15)12-28-21)24-17(19-8-4-10-27-19)11-16(23-24)18-7-3-9-26-18/h1-10,17H,11-13H2. The van der Waals surface area contributed by atoms with E-state index in [9.17, 15) is 4.79 Å². The maximum atomic E-state index is 13.1. The number of carbonyl (C=O) groups is 1. The van der Waals surface area contributed by atoms with Crippen molar-refractivity contribution in [3.63, 3.8) is 0 Å². The molecule has 1 amide bonds. The minimum atomic E-state index is -0.0788. The molecule has 0 saturated heterocycles. The molecular formula is C21H17N3O2S3. The van der Waals surface area contributed by atoms with E-state index in [0.717, 1.165) is 32.2 Å². The zero-order valence-corrected chi connectivity index (χ0v) is 17.8. The van der Waals surface area contributed by atoms with Crippen molar-refractivity contribution in [2.45, 2.75) is 18.2 Å². The summed E-state index contributed by atoms with van der Waals surface area (Å²) in [6, 6.07) is 15.9. The van der Waals surface area contributed by atoms with Crippen molar-refractivity contribution in [1.82, 2.24) is 5.01 Å². The number of carbonyl (C=O) groups excluding carboxylic acids is 1. The van der Waals surface area contributed by atoms with Crippen molar-refractivity contribution in [3.05, 3.63) is 76.4 Å². The van der Waals surface area contributed by atoms with Gasteiger partial charge in [-0.2, -0.15) is 5.10 Å². The normalized spacial score (nSPS) is 18.3. The maximum absolute atomic E-state index is 13.1. The fourth-order valence-electron chi connectivity index (χ4n) is 3.31. The zero-order chi connectivity index (χ0) is 19.6. The summed E-state index contributed by atoms with van der Waals surface area (Å²) in [7, 11) is 0. The van der Waals surface area contributed by atoms with Gasteiger partial charge < -0.3 is 4.42 Å². The van der Waals surface area contributed by atoms with E-state index in [1.54, 1.807) is 34.4 Å². The summed E-state index contributed by atoms with van der Waals surface area (Å²) in [6.07, 6.45) is 2.29. The summed E-state index contributed by atoms with van der Waals surface area (Å²) >= 11 is 4.81. The highest BCUT2D eigenvalue weighted by atomic mass is 32.2. The van der Waals surface area contributed by atoms with E-state index in [2.05, 4.69) is 17.2 Å². The van der Waals surface area contributed by atoms with Gasteiger partial charge in [0, 0.05) is 17.1 Å². The number of hydrogen-bond donors (Lipinski definition) is 0. The lowest BCUT2D eigenvalue weighted by atomic mass is 10.1. The summed E-state index contributed by atoms with van der Waals surface area (Å²) in [6.45, 7) is 0. The van der Waals surface area contributed by atoms with Crippen molar-refractivity contribution in [3.8, 4) is 0 Å². The number of benzene rings is 1. The van der Waals surface area contributed by atoms with Crippen LogP contribution in [0.15, 0.2) is 74.7 Å². The number of rotatable bonds is 4. The highest BCUT2D eigenvalue weighted by Crippen LogP contribution is 2.37. The van der Waals surface area contributed by atoms with Crippen LogP contribution < -0.4 is 0 Å². The molecule has 2 aliphatic rings. The maximum Gasteiger partial charge on any atom is 0.253 e. The molecule has 0 bridgehead atoms. The van der Waals surface area contributed by atoms with Crippen LogP contribution in [0.4, 0.5) is 5.69 Å². The van der Waals surface area contributed by atoms with Gasteiger partial charge in [0.25, 0.3) is 5.91 Å². The lowest BCUT2D eigenvalue weighted by Crippen LogP contribution is -2.28. The van der Waals surface area contributed by atoms with E-state index in [1.807, 2.05) is 41.8 Å². The Labute approximate surface area is 180 Å². The Bertz CT molecular complexity index is 1070. The minimum Gasteiger partial charge on any atom is -0.463 e. The van der Waals surface area contributed by atoms with Gasteiger partial charge in [-0.3, -0.25) is 4.79 Å². The molecule has 0 radical (unpaired) electrons. The summed E-state index contributed by atoms with van der Waals surface area (Å²) in [5.41, 5.74) is 3.04. The summed E-state index contributed by atoms with van der Waals surface area (Å²) < 4.78 is 6.44. The van der Waals surface area contributed by atoms with Gasteiger partial charge in [-0.05, 0) is 35.2 Å². The predicted molar refractivity (Wildman–Crippen MR) is 121 cm³/mol. The molecule has 0 spiro atoms. The first-order chi connectivity index (χ1) is 14.3. The predicted octanol–water partition coefficient (Wildman–Crippen LogP) is 5.69. The van der Waals surface area contributed by atoms with Gasteiger partial charge in [0.05, 0.1) is 23.7 Å². The van der Waals surface area contributed by atoms with Gasteiger partial charge >= 0.3 is 0 Å². The van der Waals surface area contributed by atoms with Gasteiger partial charge in [0.15, 0.2) is 0 Å². The Morgan fingerprint density at radius 2 is 2.14 bits per heavy atom. The third-order valence-electron chi connectivity index (χ3n) is 4.72. The van der Waals surface area contributed by atoms with E-state index in [0.29, 0.717) is 12.2 Å². The third-order valence-corrected chi connectivity index (χ3v) is 7.92. The number of thioether (sulfide) groups is 2. The number of aliphatic imine (C=N–C) groups is 1. The lowest BCUT2D eigenvalue weighted by Gasteiger charge is -2.21. The number of amides is 1. The molecule has 0 fully saturated rings. The molecule has 1 atom stereocenters. The fraction of sp³-hybridized carbons (Fsp3) is 0.190. The molecule has 3 aromatic rings. The molecule has 1 unspecified atom stereocenters.